The van der Waals surface area contributed by atoms with E-state index in [1.54, 1.807) is 36.4 Å². The number of halogens is 1. The molecule has 2 heterocycles. The van der Waals surface area contributed by atoms with Gasteiger partial charge in [-0.3, -0.25) is 23.9 Å². The molecule has 170 valence electrons. The summed E-state index contributed by atoms with van der Waals surface area (Å²) in [7, 11) is 1.42. The van der Waals surface area contributed by atoms with Crippen LogP contribution in [-0.2, 0) is 16.1 Å². The molecule has 3 rings (SSSR count). The molecule has 0 unspecified atom stereocenters. The number of pyridine rings is 1. The highest BCUT2D eigenvalue weighted by molar-refractivity contribution is 8.26. The number of carbonyl (C=O) groups excluding carboxylic acids is 2. The lowest BCUT2D eigenvalue weighted by molar-refractivity contribution is -0.121. The maximum Gasteiger partial charge on any atom is 0.271 e. The summed E-state index contributed by atoms with van der Waals surface area (Å²) in [5.41, 5.74) is -0.416. The van der Waals surface area contributed by atoms with Crippen LogP contribution >= 0.6 is 35.6 Å². The summed E-state index contributed by atoms with van der Waals surface area (Å²) >= 11 is 12.2. The summed E-state index contributed by atoms with van der Waals surface area (Å²) in [6.07, 6.45) is 1.64. The number of benzene rings is 1. The van der Waals surface area contributed by atoms with E-state index >= 15 is 0 Å². The fraction of sp³-hybridized carbons (Fsp3) is 0.227. The van der Waals surface area contributed by atoms with Gasteiger partial charge in [-0.1, -0.05) is 47.7 Å². The molecule has 1 aromatic carbocycles. The van der Waals surface area contributed by atoms with Crippen molar-refractivity contribution in [1.29, 1.82) is 5.26 Å². The smallest absolute Gasteiger partial charge is 0.271 e. The maximum absolute atomic E-state index is 13.1. The SMILES string of the molecule is COCCn1c(O)c(C(=O)CN2C(=O)/C(=C/c3ccc(Cl)cc3)SC2=S)c(C)c(C#N)c1=O. The normalized spacial score (nSPS) is 14.7. The van der Waals surface area contributed by atoms with Crippen molar-refractivity contribution in [3.8, 4) is 11.9 Å². The van der Waals surface area contributed by atoms with E-state index in [1.165, 1.54) is 14.0 Å². The number of carbonyl (C=O) groups is 2. The zero-order chi connectivity index (χ0) is 24.3. The van der Waals surface area contributed by atoms with Crippen LogP contribution in [0.4, 0.5) is 0 Å². The highest BCUT2D eigenvalue weighted by Gasteiger charge is 2.35. The number of hydrogen-bond acceptors (Lipinski definition) is 8. The molecule has 1 aliphatic rings. The Kier molecular flexibility index (Phi) is 7.71. The number of Topliss-reactive ketones (excluding diaryl/α,β-unsaturated/α-hetero) is 1. The van der Waals surface area contributed by atoms with Crippen LogP contribution in [0.2, 0.25) is 5.02 Å². The Morgan fingerprint density at radius 2 is 2.00 bits per heavy atom. The van der Waals surface area contributed by atoms with Gasteiger partial charge in [0.05, 0.1) is 30.2 Å². The lowest BCUT2D eigenvalue weighted by Crippen LogP contribution is -2.35. The van der Waals surface area contributed by atoms with Crippen molar-refractivity contribution in [1.82, 2.24) is 9.47 Å². The van der Waals surface area contributed by atoms with Gasteiger partial charge in [-0.2, -0.15) is 5.26 Å². The minimum Gasteiger partial charge on any atom is -0.494 e. The fourth-order valence-corrected chi connectivity index (χ4v) is 4.63. The van der Waals surface area contributed by atoms with Crippen molar-refractivity contribution < 1.29 is 19.4 Å². The van der Waals surface area contributed by atoms with Crippen molar-refractivity contribution in [3.05, 3.63) is 66.8 Å². The van der Waals surface area contributed by atoms with E-state index < -0.39 is 29.7 Å². The Hall–Kier alpha value is -2.97. The van der Waals surface area contributed by atoms with Gasteiger partial charge in [0.2, 0.25) is 5.88 Å². The summed E-state index contributed by atoms with van der Waals surface area (Å²) in [5, 5.41) is 20.6. The molecule has 2 aromatic rings. The highest BCUT2D eigenvalue weighted by atomic mass is 35.5. The first-order valence-corrected chi connectivity index (χ1v) is 11.2. The van der Waals surface area contributed by atoms with Gasteiger partial charge >= 0.3 is 0 Å². The largest absolute Gasteiger partial charge is 0.494 e. The van der Waals surface area contributed by atoms with Crippen LogP contribution in [0.25, 0.3) is 6.08 Å². The number of methoxy groups -OCH3 is 1. The van der Waals surface area contributed by atoms with Crippen LogP contribution < -0.4 is 5.56 Å². The van der Waals surface area contributed by atoms with Crippen molar-refractivity contribution in [2.75, 3.05) is 20.3 Å². The third kappa shape index (κ3) is 5.02. The molecule has 33 heavy (non-hydrogen) atoms. The molecule has 11 heteroatoms. The second-order valence-corrected chi connectivity index (χ2v) is 9.11. The molecule has 0 spiro atoms. The predicted molar refractivity (Wildman–Crippen MR) is 129 cm³/mol. The summed E-state index contributed by atoms with van der Waals surface area (Å²) in [4.78, 5) is 40.0. The maximum atomic E-state index is 13.1. The van der Waals surface area contributed by atoms with E-state index in [-0.39, 0.29) is 34.2 Å². The average Bonchev–Trinajstić information content (AvgIpc) is 3.03. The Balaban J connectivity index is 1.93. The molecular formula is C22H18ClN3O5S2. The first kappa shape index (κ1) is 24.7. The number of aromatic nitrogens is 1. The molecule has 0 radical (unpaired) electrons. The zero-order valence-corrected chi connectivity index (χ0v) is 20.0. The third-order valence-corrected chi connectivity index (χ3v) is 6.57. The number of thiocarbonyl (C=S) groups is 1. The molecule has 8 nitrogen and oxygen atoms in total. The molecule has 1 aromatic heterocycles. The third-order valence-electron chi connectivity index (χ3n) is 4.94. The van der Waals surface area contributed by atoms with Crippen molar-refractivity contribution in [2.24, 2.45) is 0 Å². The number of nitrogens with zero attached hydrogens (tertiary/aromatic N) is 3. The molecule has 0 atom stereocenters. The molecule has 1 amide bonds. The van der Waals surface area contributed by atoms with E-state index in [2.05, 4.69) is 0 Å². The Morgan fingerprint density at radius 3 is 2.61 bits per heavy atom. The van der Waals surface area contributed by atoms with Crippen LogP contribution in [0.5, 0.6) is 5.88 Å². The molecule has 1 aliphatic heterocycles. The Morgan fingerprint density at radius 1 is 1.33 bits per heavy atom. The summed E-state index contributed by atoms with van der Waals surface area (Å²) < 4.78 is 6.03. The van der Waals surface area contributed by atoms with Gasteiger partial charge in [-0.25, -0.2) is 0 Å². The first-order chi connectivity index (χ1) is 15.7. The van der Waals surface area contributed by atoms with Gasteiger partial charge in [0.15, 0.2) is 5.78 Å². The van der Waals surface area contributed by atoms with Gasteiger partial charge < -0.3 is 9.84 Å². The standard InChI is InChI=1S/C22H18ClN3O5S2/c1-12-15(10-24)19(28)25(7-8-31-2)21(30)18(12)16(27)11-26-20(29)17(33-22(26)32)9-13-3-5-14(23)6-4-13/h3-6,9,30H,7-8,11H2,1-2H3/b17-9-. The van der Waals surface area contributed by atoms with Crippen LogP contribution in [0.1, 0.15) is 27.0 Å². The van der Waals surface area contributed by atoms with Crippen molar-refractivity contribution in [2.45, 2.75) is 13.5 Å². The Bertz CT molecular complexity index is 1280. The number of amides is 1. The minimum absolute atomic E-state index is 0.0424. The number of ketones is 1. The van der Waals surface area contributed by atoms with E-state index in [1.807, 2.05) is 0 Å². The van der Waals surface area contributed by atoms with E-state index in [9.17, 15) is 24.8 Å². The molecular weight excluding hydrogens is 486 g/mol. The van der Waals surface area contributed by atoms with Gasteiger partial charge in [-0.05, 0) is 36.3 Å². The lowest BCUT2D eigenvalue weighted by Gasteiger charge is -2.18. The van der Waals surface area contributed by atoms with Crippen LogP contribution in [0.3, 0.4) is 0 Å². The molecule has 1 N–H and O–H groups in total. The van der Waals surface area contributed by atoms with Gasteiger partial charge in [0.1, 0.15) is 16.0 Å². The first-order valence-electron chi connectivity index (χ1n) is 9.59. The molecule has 0 saturated carbocycles. The fourth-order valence-electron chi connectivity index (χ4n) is 3.24. The van der Waals surface area contributed by atoms with Gasteiger partial charge in [0, 0.05) is 12.1 Å². The van der Waals surface area contributed by atoms with E-state index in [0.717, 1.165) is 26.8 Å². The Labute approximate surface area is 204 Å². The number of hydrogen-bond donors (Lipinski definition) is 1. The lowest BCUT2D eigenvalue weighted by atomic mass is 10.0. The topological polar surface area (TPSA) is 113 Å². The van der Waals surface area contributed by atoms with Crippen molar-refractivity contribution >= 4 is 57.7 Å². The van der Waals surface area contributed by atoms with Gasteiger partial charge in [0.25, 0.3) is 11.5 Å². The van der Waals surface area contributed by atoms with Crippen LogP contribution in [-0.4, -0.2) is 50.8 Å². The second kappa shape index (κ2) is 10.3. The number of aromatic hydroxyl groups is 1. The van der Waals surface area contributed by atoms with Crippen LogP contribution in [0.15, 0.2) is 34.0 Å². The minimum atomic E-state index is -0.724. The van der Waals surface area contributed by atoms with E-state index in [4.69, 9.17) is 28.6 Å². The van der Waals surface area contributed by atoms with Gasteiger partial charge in [-0.15, -0.1) is 0 Å². The molecule has 0 bridgehead atoms. The van der Waals surface area contributed by atoms with Crippen LogP contribution in [0, 0.1) is 18.3 Å². The summed E-state index contributed by atoms with van der Waals surface area (Å²) in [6.45, 7) is 0.975. The number of ether oxygens (including phenoxy) is 1. The van der Waals surface area contributed by atoms with E-state index in [0.29, 0.717) is 9.93 Å². The zero-order valence-electron chi connectivity index (χ0n) is 17.6. The average molecular weight is 504 g/mol. The summed E-state index contributed by atoms with van der Waals surface area (Å²) in [5.74, 6) is -1.70. The molecule has 0 aliphatic carbocycles. The monoisotopic (exact) mass is 503 g/mol. The number of rotatable bonds is 7. The predicted octanol–water partition coefficient (Wildman–Crippen LogP) is 3.12. The summed E-state index contributed by atoms with van der Waals surface area (Å²) in [6, 6.07) is 8.65. The van der Waals surface area contributed by atoms with Crippen molar-refractivity contribution in [3.63, 3.8) is 0 Å². The molecule has 1 saturated heterocycles. The number of thioether (sulfide) groups is 1. The second-order valence-electron chi connectivity index (χ2n) is 7.00. The highest BCUT2D eigenvalue weighted by Crippen LogP contribution is 2.33. The number of nitriles is 1. The quantitative estimate of drug-likeness (QED) is 0.348. The molecule has 1 fully saturated rings.